The van der Waals surface area contributed by atoms with Crippen molar-refractivity contribution in [1.82, 2.24) is 15.1 Å². The van der Waals surface area contributed by atoms with Crippen LogP contribution in [0.1, 0.15) is 39.0 Å². The highest BCUT2D eigenvalue weighted by molar-refractivity contribution is 5.84. The van der Waals surface area contributed by atoms with E-state index >= 15 is 0 Å². The second-order valence-corrected chi connectivity index (χ2v) is 7.26. The summed E-state index contributed by atoms with van der Waals surface area (Å²) in [5.41, 5.74) is 5.29. The smallest absolute Gasteiger partial charge is 0.238 e. The van der Waals surface area contributed by atoms with Gasteiger partial charge in [-0.3, -0.25) is 10.1 Å². The zero-order chi connectivity index (χ0) is 15.0. The lowest BCUT2D eigenvalue weighted by Gasteiger charge is -2.50. The maximum Gasteiger partial charge on any atom is 0.238 e. The summed E-state index contributed by atoms with van der Waals surface area (Å²) in [4.78, 5) is 16.4. The Hall–Kier alpha value is -0.650. The van der Waals surface area contributed by atoms with Gasteiger partial charge < -0.3 is 15.5 Å². The zero-order valence-electron chi connectivity index (χ0n) is 13.4. The number of hydrogen-bond acceptors (Lipinski definition) is 4. The van der Waals surface area contributed by atoms with Crippen molar-refractivity contribution >= 4 is 5.91 Å². The minimum absolute atomic E-state index is 0.247. The number of nitrogens with one attached hydrogen (secondary N) is 1. The number of rotatable bonds is 8. The molecule has 0 spiro atoms. The van der Waals surface area contributed by atoms with Crippen molar-refractivity contribution in [3.05, 3.63) is 0 Å². The van der Waals surface area contributed by atoms with Gasteiger partial charge in [0.05, 0.1) is 0 Å². The molecule has 0 aromatic carbocycles. The maximum absolute atomic E-state index is 11.8. The lowest BCUT2D eigenvalue weighted by atomic mass is 9.75. The van der Waals surface area contributed by atoms with E-state index < -0.39 is 5.54 Å². The monoisotopic (exact) mass is 282 g/mol. The van der Waals surface area contributed by atoms with Crippen molar-refractivity contribution in [2.75, 3.05) is 34.2 Å². The van der Waals surface area contributed by atoms with E-state index in [0.29, 0.717) is 12.6 Å². The summed E-state index contributed by atoms with van der Waals surface area (Å²) in [6, 6.07) is 0.479. The largest absolute Gasteiger partial charge is 0.368 e. The lowest BCUT2D eigenvalue weighted by Crippen LogP contribution is -2.63. The molecule has 2 aliphatic rings. The van der Waals surface area contributed by atoms with Gasteiger partial charge in [-0.1, -0.05) is 0 Å². The number of amides is 1. The van der Waals surface area contributed by atoms with Gasteiger partial charge in [-0.2, -0.15) is 0 Å². The highest BCUT2D eigenvalue weighted by atomic mass is 16.1. The van der Waals surface area contributed by atoms with Gasteiger partial charge in [-0.05, 0) is 60.2 Å². The predicted octanol–water partition coefficient (Wildman–Crippen LogP) is 0.399. The third-order valence-corrected chi connectivity index (χ3v) is 5.03. The fourth-order valence-electron chi connectivity index (χ4n) is 3.30. The van der Waals surface area contributed by atoms with Gasteiger partial charge >= 0.3 is 0 Å². The molecule has 5 nitrogen and oxygen atoms in total. The van der Waals surface area contributed by atoms with Gasteiger partial charge in [0, 0.05) is 24.7 Å². The Bertz CT molecular complexity index is 363. The molecule has 1 atom stereocenters. The Balaban J connectivity index is 1.94. The first kappa shape index (κ1) is 15.7. The number of nitrogens with two attached hydrogens (primary N) is 1. The fraction of sp³-hybridized carbons (Fsp3) is 0.933. The van der Waals surface area contributed by atoms with Crippen molar-refractivity contribution in [3.63, 3.8) is 0 Å². The van der Waals surface area contributed by atoms with Crippen LogP contribution in [0.3, 0.4) is 0 Å². The molecule has 0 aromatic heterocycles. The number of nitrogens with zero attached hydrogens (tertiary/aromatic N) is 2. The van der Waals surface area contributed by atoms with Crippen LogP contribution in [0.5, 0.6) is 0 Å². The molecular formula is C15H30N4O. The first-order chi connectivity index (χ1) is 9.27. The van der Waals surface area contributed by atoms with Crippen molar-refractivity contribution in [2.45, 2.75) is 56.1 Å². The van der Waals surface area contributed by atoms with E-state index in [9.17, 15) is 4.79 Å². The van der Waals surface area contributed by atoms with Crippen LogP contribution >= 0.6 is 0 Å². The number of primary amides is 1. The van der Waals surface area contributed by atoms with E-state index in [1.165, 1.54) is 19.3 Å². The van der Waals surface area contributed by atoms with Gasteiger partial charge in [0.2, 0.25) is 5.91 Å². The van der Waals surface area contributed by atoms with Gasteiger partial charge in [0.25, 0.3) is 0 Å². The molecule has 5 heteroatoms. The lowest BCUT2D eigenvalue weighted by molar-refractivity contribution is -0.124. The summed E-state index contributed by atoms with van der Waals surface area (Å²) < 4.78 is 0. The van der Waals surface area contributed by atoms with E-state index in [1.807, 2.05) is 6.92 Å². The summed E-state index contributed by atoms with van der Waals surface area (Å²) in [5.74, 6) is -0.247. The molecule has 0 aliphatic heterocycles. The van der Waals surface area contributed by atoms with E-state index in [2.05, 4.69) is 36.3 Å². The highest BCUT2D eigenvalue weighted by Gasteiger charge is 2.42. The maximum atomic E-state index is 11.8. The van der Waals surface area contributed by atoms with Crippen LogP contribution in [0.25, 0.3) is 0 Å². The summed E-state index contributed by atoms with van der Waals surface area (Å²) in [5, 5.41) is 3.42. The van der Waals surface area contributed by atoms with Crippen molar-refractivity contribution < 1.29 is 4.79 Å². The number of carbonyl (C=O) groups is 1. The van der Waals surface area contributed by atoms with E-state index in [4.69, 9.17) is 5.73 Å². The Morgan fingerprint density at radius 1 is 1.35 bits per heavy atom. The molecule has 116 valence electrons. The molecule has 0 radical (unpaired) electrons. The van der Waals surface area contributed by atoms with Crippen molar-refractivity contribution in [2.24, 2.45) is 5.73 Å². The number of carbonyl (C=O) groups excluding carboxylic acids is 1. The number of hydrogen-bond donors (Lipinski definition) is 2. The molecule has 1 amide bonds. The second-order valence-electron chi connectivity index (χ2n) is 7.26. The Morgan fingerprint density at radius 3 is 2.30 bits per heavy atom. The summed E-state index contributed by atoms with van der Waals surface area (Å²) in [6.07, 6.45) is 6.11. The van der Waals surface area contributed by atoms with Crippen molar-refractivity contribution in [1.29, 1.82) is 0 Å². The first-order valence-electron chi connectivity index (χ1n) is 7.71. The number of likely N-dealkylation sites (N-methyl/N-ethyl adjacent to an activating group) is 2. The molecule has 1 unspecified atom stereocenters. The van der Waals surface area contributed by atoms with Gasteiger partial charge in [-0.25, -0.2) is 0 Å². The normalized spacial score (nSPS) is 24.5. The van der Waals surface area contributed by atoms with Crippen LogP contribution in [0.15, 0.2) is 0 Å². The molecule has 20 heavy (non-hydrogen) atoms. The second kappa shape index (κ2) is 5.62. The quantitative estimate of drug-likeness (QED) is 0.676. The fourth-order valence-corrected chi connectivity index (χ4v) is 3.30. The SMILES string of the molecule is CN(CC(C)(NC1CC1)C(N)=O)CC1(N(C)C)CCC1. The standard InChI is InChI=1S/C15H30N4O/c1-14(13(16)20,17-12-6-7-12)10-19(4)11-15(18(2)3)8-5-9-15/h12,17H,5-11H2,1-4H3,(H2,16,20). The minimum atomic E-state index is -0.618. The molecule has 0 bridgehead atoms. The predicted molar refractivity (Wildman–Crippen MR) is 81.5 cm³/mol. The summed E-state index contributed by atoms with van der Waals surface area (Å²) >= 11 is 0. The molecule has 0 aromatic rings. The van der Waals surface area contributed by atoms with Gasteiger partial charge in [0.1, 0.15) is 5.54 Å². The van der Waals surface area contributed by atoms with Gasteiger partial charge in [0.15, 0.2) is 0 Å². The Kier molecular flexibility index (Phi) is 4.42. The average Bonchev–Trinajstić information content (AvgIpc) is 3.06. The van der Waals surface area contributed by atoms with Crippen LogP contribution in [0.4, 0.5) is 0 Å². The molecule has 2 aliphatic carbocycles. The van der Waals surface area contributed by atoms with E-state index in [0.717, 1.165) is 19.4 Å². The van der Waals surface area contributed by atoms with Gasteiger partial charge in [-0.15, -0.1) is 0 Å². The topological polar surface area (TPSA) is 61.6 Å². The van der Waals surface area contributed by atoms with Crippen LogP contribution in [0.2, 0.25) is 0 Å². The Morgan fingerprint density at radius 2 is 1.95 bits per heavy atom. The third kappa shape index (κ3) is 3.32. The highest BCUT2D eigenvalue weighted by Crippen LogP contribution is 2.36. The molecule has 0 heterocycles. The molecule has 0 saturated heterocycles. The van der Waals surface area contributed by atoms with Crippen LogP contribution in [-0.4, -0.2) is 67.1 Å². The molecule has 3 N–H and O–H groups in total. The van der Waals surface area contributed by atoms with E-state index in [-0.39, 0.29) is 11.4 Å². The average molecular weight is 282 g/mol. The van der Waals surface area contributed by atoms with Crippen LogP contribution in [0, 0.1) is 0 Å². The van der Waals surface area contributed by atoms with E-state index in [1.54, 1.807) is 0 Å². The molecule has 2 fully saturated rings. The molecule has 2 rings (SSSR count). The summed E-state index contributed by atoms with van der Waals surface area (Å²) in [6.45, 7) is 3.61. The third-order valence-electron chi connectivity index (χ3n) is 5.03. The van der Waals surface area contributed by atoms with Crippen LogP contribution < -0.4 is 11.1 Å². The summed E-state index contributed by atoms with van der Waals surface area (Å²) in [7, 11) is 6.41. The first-order valence-corrected chi connectivity index (χ1v) is 7.71. The minimum Gasteiger partial charge on any atom is -0.368 e. The molecule has 2 saturated carbocycles. The zero-order valence-corrected chi connectivity index (χ0v) is 13.4. The Labute approximate surface area is 122 Å². The van der Waals surface area contributed by atoms with Crippen LogP contribution in [-0.2, 0) is 4.79 Å². The molecular weight excluding hydrogens is 252 g/mol. The van der Waals surface area contributed by atoms with Crippen molar-refractivity contribution in [3.8, 4) is 0 Å².